The van der Waals surface area contributed by atoms with Crippen molar-refractivity contribution in [2.75, 3.05) is 19.6 Å². The Hall–Kier alpha value is -0.860. The Labute approximate surface area is 85.2 Å². The predicted octanol–water partition coefficient (Wildman–Crippen LogP) is 1.30. The molecule has 0 unspecified atom stereocenters. The predicted molar refractivity (Wildman–Crippen MR) is 57.2 cm³/mol. The van der Waals surface area contributed by atoms with E-state index in [1.54, 1.807) is 0 Å². The smallest absolute Gasteiger partial charge is 0.0793 e. The zero-order valence-electron chi connectivity index (χ0n) is 8.39. The highest BCUT2D eigenvalue weighted by molar-refractivity contribution is 5.14. The fraction of sp³-hybridized carbons (Fsp3) is 0.500. The van der Waals surface area contributed by atoms with Crippen molar-refractivity contribution in [2.45, 2.75) is 18.9 Å². The highest BCUT2D eigenvalue weighted by Gasteiger charge is 2.22. The third-order valence-electron chi connectivity index (χ3n) is 2.72. The third-order valence-corrected chi connectivity index (χ3v) is 2.72. The Morgan fingerprint density at radius 1 is 1.21 bits per heavy atom. The van der Waals surface area contributed by atoms with Crippen molar-refractivity contribution in [1.82, 2.24) is 4.90 Å². The van der Waals surface area contributed by atoms with Crippen LogP contribution in [0, 0.1) is 0 Å². The van der Waals surface area contributed by atoms with Gasteiger partial charge in [0.1, 0.15) is 0 Å². The monoisotopic (exact) mass is 191 g/mol. The van der Waals surface area contributed by atoms with Crippen molar-refractivity contribution >= 4 is 0 Å². The first-order valence-corrected chi connectivity index (χ1v) is 5.29. The Morgan fingerprint density at radius 2 is 1.93 bits per heavy atom. The van der Waals surface area contributed by atoms with E-state index in [1.165, 1.54) is 12.0 Å². The minimum absolute atomic E-state index is 0.0632. The van der Waals surface area contributed by atoms with E-state index in [-0.39, 0.29) is 6.10 Å². The number of nitrogens with zero attached hydrogens (tertiary/aromatic N) is 1. The minimum atomic E-state index is -0.0632. The third kappa shape index (κ3) is 2.56. The van der Waals surface area contributed by atoms with E-state index in [9.17, 15) is 0 Å². The summed E-state index contributed by atoms with van der Waals surface area (Å²) in [6.45, 7) is 2.86. The zero-order valence-corrected chi connectivity index (χ0v) is 8.39. The summed E-state index contributed by atoms with van der Waals surface area (Å²) in [5.41, 5.74) is 1.41. The van der Waals surface area contributed by atoms with Gasteiger partial charge < -0.3 is 5.11 Å². The lowest BCUT2D eigenvalue weighted by molar-refractivity contribution is 0.00188. The summed E-state index contributed by atoms with van der Waals surface area (Å²) < 4.78 is 0. The highest BCUT2D eigenvalue weighted by atomic mass is 16.3. The molecular formula is C12H17NO. The Morgan fingerprint density at radius 3 is 2.57 bits per heavy atom. The van der Waals surface area contributed by atoms with E-state index in [1.807, 2.05) is 0 Å². The first kappa shape index (κ1) is 9.69. The van der Waals surface area contributed by atoms with Crippen molar-refractivity contribution in [3.8, 4) is 0 Å². The van der Waals surface area contributed by atoms with Crippen molar-refractivity contribution in [3.05, 3.63) is 35.9 Å². The van der Waals surface area contributed by atoms with Crippen LogP contribution in [-0.2, 0) is 6.42 Å². The molecule has 0 spiro atoms. The number of likely N-dealkylation sites (tertiary alicyclic amines) is 1. The molecular weight excluding hydrogens is 174 g/mol. The number of β-amino-alcohol motifs (C(OH)–C–C–N with tert-alkyl or cyclic N) is 1. The van der Waals surface area contributed by atoms with Crippen LogP contribution in [0.5, 0.6) is 0 Å². The molecule has 2 heteroatoms. The highest BCUT2D eigenvalue weighted by Crippen LogP contribution is 2.09. The van der Waals surface area contributed by atoms with E-state index < -0.39 is 0 Å². The maximum Gasteiger partial charge on any atom is 0.0793 e. The van der Waals surface area contributed by atoms with E-state index >= 15 is 0 Å². The largest absolute Gasteiger partial charge is 0.390 e. The number of rotatable bonds is 4. The lowest BCUT2D eigenvalue weighted by atomic mass is 10.1. The summed E-state index contributed by atoms with van der Waals surface area (Å²) in [6, 6.07) is 10.6. The summed E-state index contributed by atoms with van der Waals surface area (Å²) in [5, 5.41) is 9.09. The van der Waals surface area contributed by atoms with Gasteiger partial charge in [0.15, 0.2) is 0 Å². The van der Waals surface area contributed by atoms with Crippen LogP contribution in [0.15, 0.2) is 30.3 Å². The van der Waals surface area contributed by atoms with Crippen LogP contribution in [-0.4, -0.2) is 35.7 Å². The molecule has 1 heterocycles. The van der Waals surface area contributed by atoms with Gasteiger partial charge in [0.2, 0.25) is 0 Å². The van der Waals surface area contributed by atoms with Crippen LogP contribution in [0.4, 0.5) is 0 Å². The van der Waals surface area contributed by atoms with Gasteiger partial charge in [-0.25, -0.2) is 0 Å². The van der Waals surface area contributed by atoms with Crippen LogP contribution in [0.25, 0.3) is 0 Å². The molecule has 0 bridgehead atoms. The maximum absolute atomic E-state index is 9.09. The topological polar surface area (TPSA) is 23.5 Å². The molecule has 0 radical (unpaired) electrons. The average molecular weight is 191 g/mol. The van der Waals surface area contributed by atoms with Gasteiger partial charge in [0, 0.05) is 13.1 Å². The number of aliphatic hydroxyl groups excluding tert-OH is 1. The standard InChI is InChI=1S/C12H17NO/c14-12-9-13(10-12)8-4-7-11-5-2-1-3-6-11/h1-3,5-6,12,14H,4,7-10H2. The van der Waals surface area contributed by atoms with Crippen LogP contribution in [0.2, 0.25) is 0 Å². The van der Waals surface area contributed by atoms with Crippen LogP contribution in [0.3, 0.4) is 0 Å². The SMILES string of the molecule is OC1CN(CCCc2ccccc2)C1. The van der Waals surface area contributed by atoms with Gasteiger partial charge in [-0.3, -0.25) is 4.90 Å². The maximum atomic E-state index is 9.09. The van der Waals surface area contributed by atoms with Gasteiger partial charge in [0.25, 0.3) is 0 Å². The van der Waals surface area contributed by atoms with E-state index in [2.05, 4.69) is 35.2 Å². The molecule has 0 aliphatic carbocycles. The number of benzene rings is 1. The molecule has 1 aliphatic rings. The Kier molecular flexibility index (Phi) is 3.17. The molecule has 2 rings (SSSR count). The first-order chi connectivity index (χ1) is 6.84. The van der Waals surface area contributed by atoms with Crippen LogP contribution in [0.1, 0.15) is 12.0 Å². The van der Waals surface area contributed by atoms with Gasteiger partial charge in [-0.05, 0) is 24.9 Å². The molecule has 0 aromatic heterocycles. The van der Waals surface area contributed by atoms with Gasteiger partial charge in [-0.2, -0.15) is 0 Å². The number of aliphatic hydroxyl groups is 1. The first-order valence-electron chi connectivity index (χ1n) is 5.29. The van der Waals surface area contributed by atoms with Crippen molar-refractivity contribution in [2.24, 2.45) is 0 Å². The fourth-order valence-corrected chi connectivity index (χ4v) is 1.88. The second-order valence-electron chi connectivity index (χ2n) is 4.00. The van der Waals surface area contributed by atoms with Crippen molar-refractivity contribution in [1.29, 1.82) is 0 Å². The van der Waals surface area contributed by atoms with E-state index in [4.69, 9.17) is 5.11 Å². The second-order valence-corrected chi connectivity index (χ2v) is 4.00. The lowest BCUT2D eigenvalue weighted by Gasteiger charge is -2.35. The molecule has 2 nitrogen and oxygen atoms in total. The molecule has 0 atom stereocenters. The number of hydrogen-bond acceptors (Lipinski definition) is 2. The Balaban J connectivity index is 1.64. The zero-order chi connectivity index (χ0) is 9.80. The van der Waals surface area contributed by atoms with Crippen molar-refractivity contribution < 1.29 is 5.11 Å². The van der Waals surface area contributed by atoms with E-state index in [0.717, 1.165) is 26.1 Å². The summed E-state index contributed by atoms with van der Waals surface area (Å²) >= 11 is 0. The number of aryl methyl sites for hydroxylation is 1. The fourth-order valence-electron chi connectivity index (χ4n) is 1.88. The lowest BCUT2D eigenvalue weighted by Crippen LogP contribution is -2.50. The normalized spacial score (nSPS) is 18.1. The minimum Gasteiger partial charge on any atom is -0.390 e. The molecule has 76 valence electrons. The molecule has 0 saturated carbocycles. The molecule has 1 saturated heterocycles. The second kappa shape index (κ2) is 4.58. The van der Waals surface area contributed by atoms with Crippen LogP contribution >= 0.6 is 0 Å². The van der Waals surface area contributed by atoms with Gasteiger partial charge >= 0.3 is 0 Å². The summed E-state index contributed by atoms with van der Waals surface area (Å²) in [7, 11) is 0. The molecule has 1 aromatic rings. The van der Waals surface area contributed by atoms with E-state index in [0.29, 0.717) is 0 Å². The molecule has 1 N–H and O–H groups in total. The quantitative estimate of drug-likeness (QED) is 0.775. The number of hydrogen-bond donors (Lipinski definition) is 1. The van der Waals surface area contributed by atoms with Crippen molar-refractivity contribution in [3.63, 3.8) is 0 Å². The summed E-state index contributed by atoms with van der Waals surface area (Å²) in [5.74, 6) is 0. The summed E-state index contributed by atoms with van der Waals surface area (Å²) in [6.07, 6.45) is 2.27. The molecule has 14 heavy (non-hydrogen) atoms. The molecule has 1 aliphatic heterocycles. The summed E-state index contributed by atoms with van der Waals surface area (Å²) in [4.78, 5) is 2.30. The van der Waals surface area contributed by atoms with Gasteiger partial charge in [0.05, 0.1) is 6.10 Å². The van der Waals surface area contributed by atoms with Crippen LogP contribution < -0.4 is 0 Å². The molecule has 1 aromatic carbocycles. The Bertz CT molecular complexity index is 267. The molecule has 1 fully saturated rings. The van der Waals surface area contributed by atoms with Gasteiger partial charge in [-0.1, -0.05) is 30.3 Å². The van der Waals surface area contributed by atoms with Gasteiger partial charge in [-0.15, -0.1) is 0 Å². The average Bonchev–Trinajstić information content (AvgIpc) is 2.17. The molecule has 0 amide bonds.